The van der Waals surface area contributed by atoms with Gasteiger partial charge in [0.1, 0.15) is 11.8 Å². The number of piperidine rings is 1. The molecule has 0 aromatic carbocycles. The summed E-state index contributed by atoms with van der Waals surface area (Å²) in [7, 11) is 0. The lowest BCUT2D eigenvalue weighted by Crippen LogP contribution is -2.50. The van der Waals surface area contributed by atoms with Crippen molar-refractivity contribution in [3.8, 4) is 6.07 Å². The van der Waals surface area contributed by atoms with E-state index in [1.165, 1.54) is 12.8 Å². The monoisotopic (exact) mass is 245 g/mol. The van der Waals surface area contributed by atoms with Crippen molar-refractivity contribution in [2.45, 2.75) is 32.7 Å². The maximum atomic E-state index is 8.78. The zero-order valence-corrected chi connectivity index (χ0v) is 10.9. The van der Waals surface area contributed by atoms with E-state index in [-0.39, 0.29) is 5.41 Å². The second-order valence-electron chi connectivity index (χ2n) is 5.36. The van der Waals surface area contributed by atoms with Gasteiger partial charge in [-0.1, -0.05) is 13.8 Å². The Labute approximate surface area is 108 Å². The van der Waals surface area contributed by atoms with Gasteiger partial charge in [-0.2, -0.15) is 5.26 Å². The number of aromatic nitrogens is 2. The molecule has 5 heteroatoms. The minimum Gasteiger partial charge on any atom is -0.353 e. The van der Waals surface area contributed by atoms with Crippen molar-refractivity contribution in [3.05, 3.63) is 18.0 Å². The predicted octanol–water partition coefficient (Wildman–Crippen LogP) is 1.54. The molecule has 0 bridgehead atoms. The van der Waals surface area contributed by atoms with Gasteiger partial charge >= 0.3 is 0 Å². The maximum absolute atomic E-state index is 8.78. The molecule has 96 valence electrons. The molecule has 1 aromatic rings. The Morgan fingerprint density at radius 1 is 1.61 bits per heavy atom. The second kappa shape index (κ2) is 5.32. The van der Waals surface area contributed by atoms with Crippen molar-refractivity contribution in [1.82, 2.24) is 15.3 Å². The quantitative estimate of drug-likeness (QED) is 0.845. The first kappa shape index (κ1) is 12.8. The normalized spacial score (nSPS) is 22.2. The van der Waals surface area contributed by atoms with Crippen LogP contribution in [0.1, 0.15) is 32.4 Å². The molecule has 1 fully saturated rings. The van der Waals surface area contributed by atoms with E-state index >= 15 is 0 Å². The van der Waals surface area contributed by atoms with Crippen molar-refractivity contribution in [2.24, 2.45) is 5.41 Å². The molecular formula is C13H19N5. The maximum Gasteiger partial charge on any atom is 0.223 e. The Balaban J connectivity index is 1.96. The molecule has 1 aliphatic rings. The first-order chi connectivity index (χ1) is 8.62. The van der Waals surface area contributed by atoms with E-state index in [0.717, 1.165) is 13.1 Å². The van der Waals surface area contributed by atoms with Gasteiger partial charge in [-0.25, -0.2) is 9.97 Å². The highest BCUT2D eigenvalue weighted by atomic mass is 15.1. The lowest BCUT2D eigenvalue weighted by Gasteiger charge is -2.39. The lowest BCUT2D eigenvalue weighted by atomic mass is 9.77. The minimum atomic E-state index is 0.276. The van der Waals surface area contributed by atoms with Gasteiger partial charge in [-0.05, 0) is 30.9 Å². The average Bonchev–Trinajstić information content (AvgIpc) is 2.37. The average molecular weight is 245 g/mol. The van der Waals surface area contributed by atoms with Crippen molar-refractivity contribution in [3.63, 3.8) is 0 Å². The Bertz CT molecular complexity index is 449. The summed E-state index contributed by atoms with van der Waals surface area (Å²) in [6.07, 6.45) is 4.06. The third-order valence-electron chi connectivity index (χ3n) is 3.57. The molecule has 2 rings (SSSR count). The highest BCUT2D eigenvalue weighted by Crippen LogP contribution is 2.29. The van der Waals surface area contributed by atoms with Crippen LogP contribution >= 0.6 is 0 Å². The number of rotatable bonds is 3. The molecule has 0 radical (unpaired) electrons. The van der Waals surface area contributed by atoms with Crippen LogP contribution in [-0.4, -0.2) is 29.1 Å². The van der Waals surface area contributed by atoms with Crippen LogP contribution in [0.5, 0.6) is 0 Å². The molecule has 18 heavy (non-hydrogen) atoms. The summed E-state index contributed by atoms with van der Waals surface area (Å²) in [4.78, 5) is 8.23. The van der Waals surface area contributed by atoms with Crippen LogP contribution in [0.25, 0.3) is 0 Å². The number of hydrogen-bond donors (Lipinski definition) is 2. The van der Waals surface area contributed by atoms with E-state index in [0.29, 0.717) is 17.7 Å². The molecular weight excluding hydrogens is 226 g/mol. The van der Waals surface area contributed by atoms with E-state index in [4.69, 9.17) is 5.26 Å². The van der Waals surface area contributed by atoms with Gasteiger partial charge < -0.3 is 10.6 Å². The molecule has 0 amide bonds. The number of nitrogens with one attached hydrogen (secondary N) is 2. The second-order valence-corrected chi connectivity index (χ2v) is 5.36. The van der Waals surface area contributed by atoms with Crippen LogP contribution in [0.4, 0.5) is 5.95 Å². The van der Waals surface area contributed by atoms with E-state index in [9.17, 15) is 0 Å². The van der Waals surface area contributed by atoms with Crippen LogP contribution in [0.3, 0.4) is 0 Å². The fourth-order valence-electron chi connectivity index (χ4n) is 2.32. The summed E-state index contributed by atoms with van der Waals surface area (Å²) in [5.74, 6) is 0.525. The summed E-state index contributed by atoms with van der Waals surface area (Å²) in [6.45, 7) is 6.40. The lowest BCUT2D eigenvalue weighted by molar-refractivity contribution is 0.188. The van der Waals surface area contributed by atoms with Gasteiger partial charge in [0.05, 0.1) is 0 Å². The van der Waals surface area contributed by atoms with Crippen molar-refractivity contribution in [2.75, 3.05) is 18.4 Å². The minimum absolute atomic E-state index is 0.276. The first-order valence-electron chi connectivity index (χ1n) is 6.32. The molecule has 0 saturated carbocycles. The van der Waals surface area contributed by atoms with Crippen molar-refractivity contribution in [1.29, 1.82) is 5.26 Å². The molecule has 1 aliphatic heterocycles. The zero-order valence-electron chi connectivity index (χ0n) is 10.9. The summed E-state index contributed by atoms with van der Waals surface area (Å²) in [6, 6.07) is 4.02. The summed E-state index contributed by atoms with van der Waals surface area (Å²) in [5.41, 5.74) is 0.668. The smallest absolute Gasteiger partial charge is 0.223 e. The number of hydrogen-bond acceptors (Lipinski definition) is 5. The van der Waals surface area contributed by atoms with E-state index in [1.54, 1.807) is 12.3 Å². The topological polar surface area (TPSA) is 73.6 Å². The Morgan fingerprint density at radius 3 is 3.17 bits per heavy atom. The number of nitrogens with zero attached hydrogens (tertiary/aromatic N) is 3. The summed E-state index contributed by atoms with van der Waals surface area (Å²) < 4.78 is 0. The van der Waals surface area contributed by atoms with E-state index in [2.05, 4.69) is 34.4 Å². The van der Waals surface area contributed by atoms with Crippen LogP contribution in [0, 0.1) is 16.7 Å². The van der Waals surface area contributed by atoms with Gasteiger partial charge in [0.15, 0.2) is 0 Å². The highest BCUT2D eigenvalue weighted by Gasteiger charge is 2.31. The Kier molecular flexibility index (Phi) is 3.78. The van der Waals surface area contributed by atoms with Gasteiger partial charge in [-0.15, -0.1) is 0 Å². The largest absolute Gasteiger partial charge is 0.353 e. The SMILES string of the molecule is CC1(C)CCCNC1CNc1nccc(C#N)n1. The molecule has 1 aromatic heterocycles. The third-order valence-corrected chi connectivity index (χ3v) is 3.57. The van der Waals surface area contributed by atoms with E-state index in [1.807, 2.05) is 6.07 Å². The van der Waals surface area contributed by atoms with Gasteiger partial charge in [-0.3, -0.25) is 0 Å². The van der Waals surface area contributed by atoms with Crippen molar-refractivity contribution >= 4 is 5.95 Å². The first-order valence-corrected chi connectivity index (χ1v) is 6.32. The molecule has 2 heterocycles. The fraction of sp³-hybridized carbons (Fsp3) is 0.615. The van der Waals surface area contributed by atoms with Crippen LogP contribution in [0.2, 0.25) is 0 Å². The molecule has 0 aliphatic carbocycles. The number of anilines is 1. The Morgan fingerprint density at radius 2 is 2.44 bits per heavy atom. The molecule has 1 atom stereocenters. The fourth-order valence-corrected chi connectivity index (χ4v) is 2.32. The van der Waals surface area contributed by atoms with E-state index < -0.39 is 0 Å². The van der Waals surface area contributed by atoms with Crippen LogP contribution in [0.15, 0.2) is 12.3 Å². The summed E-state index contributed by atoms with van der Waals surface area (Å²) >= 11 is 0. The molecule has 0 spiro atoms. The van der Waals surface area contributed by atoms with Gasteiger partial charge in [0, 0.05) is 18.8 Å². The Hall–Kier alpha value is -1.67. The van der Waals surface area contributed by atoms with Crippen LogP contribution < -0.4 is 10.6 Å². The molecule has 5 nitrogen and oxygen atoms in total. The summed E-state index contributed by atoms with van der Waals surface area (Å²) in [5, 5.41) is 15.5. The highest BCUT2D eigenvalue weighted by molar-refractivity contribution is 5.30. The molecule has 1 unspecified atom stereocenters. The molecule has 1 saturated heterocycles. The zero-order chi connectivity index (χ0) is 13.0. The van der Waals surface area contributed by atoms with Gasteiger partial charge in [0.2, 0.25) is 5.95 Å². The predicted molar refractivity (Wildman–Crippen MR) is 70.0 cm³/mol. The standard InChI is InChI=1S/C13H19N5/c1-13(2)5-3-6-15-11(13)9-17-12-16-7-4-10(8-14)18-12/h4,7,11,15H,3,5-6,9H2,1-2H3,(H,16,17,18). The third kappa shape index (κ3) is 2.96. The van der Waals surface area contributed by atoms with Gasteiger partial charge in [0.25, 0.3) is 0 Å². The van der Waals surface area contributed by atoms with Crippen molar-refractivity contribution < 1.29 is 0 Å². The number of nitriles is 1. The molecule has 2 N–H and O–H groups in total. The van der Waals surface area contributed by atoms with Crippen LogP contribution in [-0.2, 0) is 0 Å².